The Kier molecular flexibility index (Phi) is 2.79. The Balaban J connectivity index is 1.68. The van der Waals surface area contributed by atoms with Gasteiger partial charge in [-0.1, -0.05) is 20.8 Å². The zero-order chi connectivity index (χ0) is 20.9. The number of carbonyl (C=O) groups is 3. The summed E-state index contributed by atoms with van der Waals surface area (Å²) in [4.78, 5) is 38.1. The topological polar surface area (TPSA) is 129 Å². The normalized spacial score (nSPS) is 59.2. The van der Waals surface area contributed by atoms with E-state index in [9.17, 15) is 24.6 Å². The molecule has 0 aromatic heterocycles. The van der Waals surface area contributed by atoms with Crippen LogP contribution in [0.5, 0.6) is 0 Å². The third-order valence-electron chi connectivity index (χ3n) is 8.97. The summed E-state index contributed by atoms with van der Waals surface area (Å²) in [6, 6.07) is 0. The Labute approximate surface area is 166 Å². The number of fused-ring (bicyclic) bond motifs is 1. The van der Waals surface area contributed by atoms with Crippen molar-refractivity contribution in [2.24, 2.45) is 28.1 Å². The van der Waals surface area contributed by atoms with Crippen LogP contribution in [0.25, 0.3) is 0 Å². The molecule has 4 heterocycles. The third kappa shape index (κ3) is 1.35. The largest absolute Gasteiger partial charge is 0.459 e. The molecule has 3 unspecified atom stereocenters. The number of carbonyl (C=O) groups excluding carboxylic acids is 3. The maximum absolute atomic E-state index is 13.3. The molecule has 2 aliphatic carbocycles. The molecule has 9 heteroatoms. The molecule has 0 aromatic carbocycles. The molecule has 2 N–H and O–H groups in total. The van der Waals surface area contributed by atoms with E-state index in [2.05, 4.69) is 0 Å². The van der Waals surface area contributed by atoms with E-state index in [0.717, 1.165) is 0 Å². The van der Waals surface area contributed by atoms with E-state index in [0.29, 0.717) is 6.42 Å². The number of rotatable bonds is 0. The molecule has 9 nitrogen and oxygen atoms in total. The van der Waals surface area contributed by atoms with E-state index in [-0.39, 0.29) is 17.8 Å². The molecule has 0 bridgehead atoms. The summed E-state index contributed by atoms with van der Waals surface area (Å²) in [7, 11) is 0. The van der Waals surface area contributed by atoms with Gasteiger partial charge in [-0.3, -0.25) is 4.79 Å². The van der Waals surface area contributed by atoms with Gasteiger partial charge in [-0.05, 0) is 24.7 Å². The molecule has 4 aliphatic heterocycles. The smallest absolute Gasteiger partial charge is 0.342 e. The van der Waals surface area contributed by atoms with E-state index >= 15 is 0 Å². The molecule has 0 aromatic rings. The molecule has 2 spiro atoms. The van der Waals surface area contributed by atoms with Crippen LogP contribution in [0.15, 0.2) is 0 Å². The van der Waals surface area contributed by atoms with Crippen molar-refractivity contribution < 1.29 is 43.5 Å². The molecule has 6 rings (SSSR count). The highest BCUT2D eigenvalue weighted by molar-refractivity contribution is 5.93. The van der Waals surface area contributed by atoms with Crippen LogP contribution in [0.2, 0.25) is 0 Å². The van der Waals surface area contributed by atoms with Gasteiger partial charge in [0.25, 0.3) is 0 Å². The average Bonchev–Trinajstić information content (AvgIpc) is 3.31. The molecular weight excluding hydrogens is 384 g/mol. The molecule has 0 amide bonds. The minimum atomic E-state index is -1.97. The second-order valence-electron chi connectivity index (χ2n) is 10.6. The first-order chi connectivity index (χ1) is 13.4. The van der Waals surface area contributed by atoms with Crippen molar-refractivity contribution in [1.82, 2.24) is 0 Å². The fraction of sp³-hybridized carbons (Fsp3) is 0.850. The molecule has 6 aliphatic rings. The fourth-order valence-electron chi connectivity index (χ4n) is 8.06. The van der Waals surface area contributed by atoms with Crippen LogP contribution < -0.4 is 0 Å². The van der Waals surface area contributed by atoms with Gasteiger partial charge in [-0.2, -0.15) is 0 Å². The summed E-state index contributed by atoms with van der Waals surface area (Å²) < 4.78 is 22.9. The van der Waals surface area contributed by atoms with Crippen LogP contribution in [0, 0.1) is 28.1 Å². The molecule has 0 radical (unpaired) electrons. The number of ether oxygens (including phenoxy) is 4. The van der Waals surface area contributed by atoms with Gasteiger partial charge in [-0.15, -0.1) is 0 Å². The maximum Gasteiger partial charge on any atom is 0.342 e. The minimum Gasteiger partial charge on any atom is -0.459 e. The zero-order valence-corrected chi connectivity index (χ0v) is 16.6. The molecule has 2 saturated carbocycles. The minimum absolute atomic E-state index is 0.0623. The van der Waals surface area contributed by atoms with E-state index in [1.165, 1.54) is 6.92 Å². The summed E-state index contributed by atoms with van der Waals surface area (Å²) in [6.45, 7) is 7.47. The zero-order valence-electron chi connectivity index (χ0n) is 16.6. The number of aliphatic hydroxyl groups is 2. The average molecular weight is 408 g/mol. The maximum atomic E-state index is 13.3. The first-order valence-corrected chi connectivity index (χ1v) is 10.1. The van der Waals surface area contributed by atoms with Crippen molar-refractivity contribution in [3.63, 3.8) is 0 Å². The molecule has 158 valence electrons. The van der Waals surface area contributed by atoms with Crippen LogP contribution in [-0.2, 0) is 33.3 Å². The van der Waals surface area contributed by atoms with Gasteiger partial charge >= 0.3 is 17.9 Å². The van der Waals surface area contributed by atoms with Gasteiger partial charge in [0.15, 0.2) is 11.7 Å². The van der Waals surface area contributed by atoms with Crippen LogP contribution in [0.3, 0.4) is 0 Å². The fourth-order valence-corrected chi connectivity index (χ4v) is 8.06. The lowest BCUT2D eigenvalue weighted by Gasteiger charge is -2.46. The SMILES string of the molecule is C[C@@H]1C(=O)O[C@H]2CC34[C@H]5C[C@@H](C(C)(C)C)C36[C@@H](OC(=O)[C@@H]6O)OC4(C(=O)O5)[C@]21O. The van der Waals surface area contributed by atoms with E-state index in [1.54, 1.807) is 0 Å². The van der Waals surface area contributed by atoms with E-state index < -0.39 is 70.5 Å². The Bertz CT molecular complexity index is 893. The Morgan fingerprint density at radius 3 is 2.38 bits per heavy atom. The second-order valence-corrected chi connectivity index (χ2v) is 10.6. The van der Waals surface area contributed by atoms with Crippen molar-refractivity contribution >= 4 is 17.9 Å². The summed E-state index contributed by atoms with van der Waals surface area (Å²) in [5, 5.41) is 23.0. The van der Waals surface area contributed by atoms with Gasteiger partial charge in [0.05, 0.1) is 16.7 Å². The number of hydrogen-bond donors (Lipinski definition) is 2. The van der Waals surface area contributed by atoms with Crippen LogP contribution in [0.1, 0.15) is 40.5 Å². The summed E-state index contributed by atoms with van der Waals surface area (Å²) in [5.41, 5.74) is -6.81. The number of esters is 3. The molecule has 4 saturated heterocycles. The quantitative estimate of drug-likeness (QED) is 0.408. The molecule has 29 heavy (non-hydrogen) atoms. The van der Waals surface area contributed by atoms with Gasteiger partial charge in [0.2, 0.25) is 11.9 Å². The Morgan fingerprint density at radius 2 is 1.72 bits per heavy atom. The second kappa shape index (κ2) is 4.48. The van der Waals surface area contributed by atoms with Gasteiger partial charge in [0.1, 0.15) is 12.2 Å². The summed E-state index contributed by atoms with van der Waals surface area (Å²) in [5.74, 6) is -3.52. The lowest BCUT2D eigenvalue weighted by atomic mass is 9.51. The van der Waals surface area contributed by atoms with Crippen LogP contribution in [-0.4, -0.2) is 63.9 Å². The van der Waals surface area contributed by atoms with Crippen molar-refractivity contribution in [3.8, 4) is 0 Å². The standard InChI is InChI=1S/C20H24O9/c1-7-12(22)26-10-6-17-9-5-8(16(2,3)4)18(17)11(21)13(23)28-15(18)29-20(17,14(24)27-9)19(7,10)25/h7-11,15,21,25H,5-6H2,1-4H3/t7-,8+,9-,10+,11+,15+,17?,18?,19-,20?/m1/s1. The predicted molar refractivity (Wildman–Crippen MR) is 90.6 cm³/mol. The van der Waals surface area contributed by atoms with Gasteiger partial charge in [-0.25, -0.2) is 9.59 Å². The highest BCUT2D eigenvalue weighted by atomic mass is 16.8. The lowest BCUT2D eigenvalue weighted by molar-refractivity contribution is -0.238. The third-order valence-corrected chi connectivity index (χ3v) is 8.97. The molecule has 10 atom stereocenters. The van der Waals surface area contributed by atoms with Gasteiger partial charge in [0, 0.05) is 6.42 Å². The van der Waals surface area contributed by atoms with E-state index in [4.69, 9.17) is 18.9 Å². The lowest BCUT2D eigenvalue weighted by Crippen LogP contribution is -2.66. The number of hydrogen-bond acceptors (Lipinski definition) is 9. The van der Waals surface area contributed by atoms with E-state index in [1.807, 2.05) is 20.8 Å². The van der Waals surface area contributed by atoms with Crippen molar-refractivity contribution in [1.29, 1.82) is 0 Å². The highest BCUT2D eigenvalue weighted by Crippen LogP contribution is 2.84. The van der Waals surface area contributed by atoms with Crippen LogP contribution >= 0.6 is 0 Å². The Morgan fingerprint density at radius 1 is 1.03 bits per heavy atom. The first kappa shape index (κ1) is 18.1. The predicted octanol–water partition coefficient (Wildman–Crippen LogP) is -0.340. The van der Waals surface area contributed by atoms with Crippen LogP contribution in [0.4, 0.5) is 0 Å². The number of aliphatic hydroxyl groups excluding tert-OH is 1. The highest BCUT2D eigenvalue weighted by Gasteiger charge is 3.01. The first-order valence-electron chi connectivity index (χ1n) is 10.1. The van der Waals surface area contributed by atoms with Crippen molar-refractivity contribution in [3.05, 3.63) is 0 Å². The Hall–Kier alpha value is -1.71. The monoisotopic (exact) mass is 408 g/mol. The molecular formula is C20H24O9. The van der Waals surface area contributed by atoms with Gasteiger partial charge < -0.3 is 29.2 Å². The molecule has 6 fully saturated rings. The summed E-state index contributed by atoms with van der Waals surface area (Å²) in [6.07, 6.45) is -3.96. The summed E-state index contributed by atoms with van der Waals surface area (Å²) >= 11 is 0. The van der Waals surface area contributed by atoms with Crippen molar-refractivity contribution in [2.45, 2.75) is 76.3 Å². The van der Waals surface area contributed by atoms with Crippen molar-refractivity contribution in [2.75, 3.05) is 0 Å².